The molecule has 0 bridgehead atoms. The molecule has 1 N–H and O–H groups in total. The van der Waals surface area contributed by atoms with Crippen LogP contribution in [0.3, 0.4) is 0 Å². The van der Waals surface area contributed by atoms with Crippen LogP contribution in [0.1, 0.15) is 35.4 Å². The zero-order chi connectivity index (χ0) is 23.5. The van der Waals surface area contributed by atoms with Gasteiger partial charge in [0.25, 0.3) is 11.7 Å². The van der Waals surface area contributed by atoms with Gasteiger partial charge in [0, 0.05) is 6.54 Å². The van der Waals surface area contributed by atoms with Crippen LogP contribution >= 0.6 is 0 Å². The molecule has 1 aromatic heterocycles. The zero-order valence-corrected chi connectivity index (χ0v) is 18.7. The number of amides is 1. The number of benzene rings is 2. The van der Waals surface area contributed by atoms with Crippen molar-refractivity contribution in [1.82, 2.24) is 4.90 Å². The van der Waals surface area contributed by atoms with Crippen LogP contribution in [0.5, 0.6) is 11.5 Å². The van der Waals surface area contributed by atoms with Crippen molar-refractivity contribution in [2.45, 2.75) is 26.4 Å². The lowest BCUT2D eigenvalue weighted by Crippen LogP contribution is -2.29. The highest BCUT2D eigenvalue weighted by Crippen LogP contribution is 2.42. The second-order valence-corrected chi connectivity index (χ2v) is 7.73. The average Bonchev–Trinajstić information content (AvgIpc) is 3.42. The van der Waals surface area contributed by atoms with Gasteiger partial charge in [-0.1, -0.05) is 23.8 Å². The smallest absolute Gasteiger partial charge is 0.296 e. The number of rotatable bonds is 7. The van der Waals surface area contributed by atoms with Crippen molar-refractivity contribution in [3.8, 4) is 11.5 Å². The van der Waals surface area contributed by atoms with Gasteiger partial charge in [0.1, 0.15) is 29.1 Å². The average molecular weight is 447 g/mol. The van der Waals surface area contributed by atoms with Crippen LogP contribution in [-0.4, -0.2) is 35.4 Å². The van der Waals surface area contributed by atoms with E-state index in [1.54, 1.807) is 24.3 Å². The molecule has 0 saturated carbocycles. The molecule has 0 spiro atoms. The minimum Gasteiger partial charge on any atom is -0.507 e. The third-order valence-corrected chi connectivity index (χ3v) is 5.53. The Morgan fingerprint density at radius 2 is 1.94 bits per heavy atom. The summed E-state index contributed by atoms with van der Waals surface area (Å²) < 4.78 is 16.5. The molecule has 33 heavy (non-hydrogen) atoms. The summed E-state index contributed by atoms with van der Waals surface area (Å²) in [6, 6.07) is 15.1. The standard InChI is InChI=1S/C26H25NO6/c1-4-32-18-8-5-7-17(14-18)15-27-23(21-9-6-12-33-21)22(25(29)26(27)30)24(28)19-13-16(2)10-11-20(19)31-3/h5-14,23,28H,4,15H2,1-3H3/b24-22-. The van der Waals surface area contributed by atoms with Gasteiger partial charge in [0.15, 0.2) is 0 Å². The Bertz CT molecular complexity index is 1210. The van der Waals surface area contributed by atoms with Gasteiger partial charge in [0.2, 0.25) is 0 Å². The minimum atomic E-state index is -0.888. The van der Waals surface area contributed by atoms with Gasteiger partial charge < -0.3 is 23.9 Å². The number of Topliss-reactive ketones (excluding diaryl/α,β-unsaturated/α-hetero) is 1. The fraction of sp³-hybridized carbons (Fsp3) is 0.231. The summed E-state index contributed by atoms with van der Waals surface area (Å²) in [5, 5.41) is 11.3. The Kier molecular flexibility index (Phi) is 6.22. The summed E-state index contributed by atoms with van der Waals surface area (Å²) in [6.45, 7) is 4.41. The van der Waals surface area contributed by atoms with Gasteiger partial charge in [-0.05, 0) is 55.8 Å². The van der Waals surface area contributed by atoms with Crippen molar-refractivity contribution in [2.75, 3.05) is 13.7 Å². The number of ketones is 1. The summed E-state index contributed by atoms with van der Waals surface area (Å²) in [5.41, 5.74) is 1.95. The van der Waals surface area contributed by atoms with E-state index in [1.165, 1.54) is 18.3 Å². The van der Waals surface area contributed by atoms with Gasteiger partial charge in [-0.15, -0.1) is 0 Å². The largest absolute Gasteiger partial charge is 0.507 e. The van der Waals surface area contributed by atoms with Crippen LogP contribution in [0.15, 0.2) is 70.9 Å². The zero-order valence-electron chi connectivity index (χ0n) is 18.7. The Morgan fingerprint density at radius 3 is 2.64 bits per heavy atom. The first-order valence-corrected chi connectivity index (χ1v) is 10.6. The van der Waals surface area contributed by atoms with Gasteiger partial charge in [-0.25, -0.2) is 0 Å². The maximum atomic E-state index is 13.2. The van der Waals surface area contributed by atoms with Crippen LogP contribution in [0, 0.1) is 6.92 Å². The first-order valence-electron chi connectivity index (χ1n) is 10.6. The van der Waals surface area contributed by atoms with Gasteiger partial charge >= 0.3 is 0 Å². The minimum absolute atomic E-state index is 0.0418. The fourth-order valence-electron chi connectivity index (χ4n) is 4.03. The Morgan fingerprint density at radius 1 is 1.12 bits per heavy atom. The number of hydrogen-bond acceptors (Lipinski definition) is 6. The third kappa shape index (κ3) is 4.22. The summed E-state index contributed by atoms with van der Waals surface area (Å²) in [7, 11) is 1.48. The van der Waals surface area contributed by atoms with Crippen LogP contribution in [0.25, 0.3) is 5.76 Å². The molecular formula is C26H25NO6. The molecule has 4 rings (SSSR count). The number of furan rings is 1. The van der Waals surface area contributed by atoms with Crippen molar-refractivity contribution in [2.24, 2.45) is 0 Å². The predicted octanol–water partition coefficient (Wildman–Crippen LogP) is 4.62. The van der Waals surface area contributed by atoms with Crippen molar-refractivity contribution in [3.05, 3.63) is 88.9 Å². The monoisotopic (exact) mass is 447 g/mol. The van der Waals surface area contributed by atoms with Crippen molar-refractivity contribution in [1.29, 1.82) is 0 Å². The molecule has 1 amide bonds. The molecule has 1 aliphatic rings. The number of likely N-dealkylation sites (tertiary alicyclic amines) is 1. The second kappa shape index (κ2) is 9.24. The van der Waals surface area contributed by atoms with E-state index in [4.69, 9.17) is 13.9 Å². The quantitative estimate of drug-likeness (QED) is 0.323. The summed E-state index contributed by atoms with van der Waals surface area (Å²) >= 11 is 0. The normalized spacial score (nSPS) is 17.4. The van der Waals surface area contributed by atoms with E-state index in [0.29, 0.717) is 29.4 Å². The lowest BCUT2D eigenvalue weighted by Gasteiger charge is -2.23. The summed E-state index contributed by atoms with van der Waals surface area (Å²) in [6.07, 6.45) is 1.47. The topological polar surface area (TPSA) is 89.2 Å². The molecule has 3 aromatic rings. The van der Waals surface area contributed by atoms with E-state index in [0.717, 1.165) is 11.1 Å². The highest BCUT2D eigenvalue weighted by atomic mass is 16.5. The molecule has 1 atom stereocenters. The number of hydrogen-bond donors (Lipinski definition) is 1. The summed E-state index contributed by atoms with van der Waals surface area (Å²) in [5.74, 6) is -0.355. The van der Waals surface area contributed by atoms with E-state index in [9.17, 15) is 14.7 Å². The van der Waals surface area contributed by atoms with Crippen molar-refractivity contribution < 1.29 is 28.6 Å². The second-order valence-electron chi connectivity index (χ2n) is 7.73. The van der Waals surface area contributed by atoms with Gasteiger partial charge in [-0.3, -0.25) is 9.59 Å². The summed E-state index contributed by atoms with van der Waals surface area (Å²) in [4.78, 5) is 27.7. The predicted molar refractivity (Wildman–Crippen MR) is 122 cm³/mol. The molecule has 1 saturated heterocycles. The molecule has 0 radical (unpaired) electrons. The first kappa shape index (κ1) is 22.2. The Hall–Kier alpha value is -4.00. The van der Waals surface area contributed by atoms with Gasteiger partial charge in [-0.2, -0.15) is 0 Å². The molecule has 2 aromatic carbocycles. The fourth-order valence-corrected chi connectivity index (χ4v) is 4.03. The molecule has 1 fully saturated rings. The number of carbonyl (C=O) groups is 2. The Balaban J connectivity index is 1.83. The lowest BCUT2D eigenvalue weighted by atomic mass is 9.97. The maximum Gasteiger partial charge on any atom is 0.296 e. The molecule has 0 aliphatic carbocycles. The molecule has 1 unspecified atom stereocenters. The molecular weight excluding hydrogens is 422 g/mol. The number of methoxy groups -OCH3 is 1. The molecule has 1 aliphatic heterocycles. The van der Waals surface area contributed by atoms with Crippen LogP contribution in [0.2, 0.25) is 0 Å². The Labute approximate surface area is 191 Å². The van der Waals surface area contributed by atoms with E-state index in [1.807, 2.05) is 44.2 Å². The molecule has 7 nitrogen and oxygen atoms in total. The maximum absolute atomic E-state index is 13.2. The first-order chi connectivity index (χ1) is 15.9. The van der Waals surface area contributed by atoms with Crippen LogP contribution < -0.4 is 9.47 Å². The molecule has 2 heterocycles. The highest BCUT2D eigenvalue weighted by molar-refractivity contribution is 6.46. The van der Waals surface area contributed by atoms with Crippen molar-refractivity contribution >= 4 is 17.4 Å². The van der Waals surface area contributed by atoms with Crippen molar-refractivity contribution in [3.63, 3.8) is 0 Å². The molecule has 170 valence electrons. The van der Waals surface area contributed by atoms with E-state index in [2.05, 4.69) is 0 Å². The molecule has 7 heteroatoms. The number of aliphatic hydroxyl groups is 1. The number of ether oxygens (including phenoxy) is 2. The SMILES string of the molecule is CCOc1cccc(CN2C(=O)C(=O)/C(=C(\O)c3cc(C)ccc3OC)C2c2ccco2)c1. The van der Waals surface area contributed by atoms with E-state index in [-0.39, 0.29) is 17.9 Å². The third-order valence-electron chi connectivity index (χ3n) is 5.53. The number of aliphatic hydroxyl groups excluding tert-OH is 1. The highest BCUT2D eigenvalue weighted by Gasteiger charge is 2.47. The number of nitrogens with zero attached hydrogens (tertiary/aromatic N) is 1. The number of carbonyl (C=O) groups excluding carboxylic acids is 2. The van der Waals surface area contributed by atoms with E-state index < -0.39 is 17.7 Å². The van der Waals surface area contributed by atoms with Crippen LogP contribution in [-0.2, 0) is 16.1 Å². The van der Waals surface area contributed by atoms with E-state index >= 15 is 0 Å². The lowest BCUT2D eigenvalue weighted by molar-refractivity contribution is -0.140. The van der Waals surface area contributed by atoms with Crippen LogP contribution in [0.4, 0.5) is 0 Å². The number of aryl methyl sites for hydroxylation is 1. The van der Waals surface area contributed by atoms with Gasteiger partial charge in [0.05, 0.1) is 31.1 Å².